The molecule has 0 aromatic heterocycles. The third kappa shape index (κ3) is 2.92. The van der Waals surface area contributed by atoms with Crippen LogP contribution in [-0.4, -0.2) is 27.8 Å². The summed E-state index contributed by atoms with van der Waals surface area (Å²) in [6, 6.07) is 9.56. The van der Waals surface area contributed by atoms with Crippen LogP contribution in [0.2, 0.25) is 0 Å². The Morgan fingerprint density at radius 3 is 2.82 bits per heavy atom. The Balaban J connectivity index is 1.97. The molecular formula is C11H12N2O3S. The second-order valence-corrected chi connectivity index (χ2v) is 3.95. The van der Waals surface area contributed by atoms with E-state index in [1.165, 1.54) is 0 Å². The molecule has 6 heteroatoms. The third-order valence-corrected chi connectivity index (χ3v) is 2.68. The van der Waals surface area contributed by atoms with E-state index in [0.29, 0.717) is 0 Å². The van der Waals surface area contributed by atoms with Crippen molar-refractivity contribution in [1.82, 2.24) is 10.4 Å². The molecule has 2 N–H and O–H groups in total. The van der Waals surface area contributed by atoms with E-state index >= 15 is 0 Å². The van der Waals surface area contributed by atoms with Crippen LogP contribution in [0.25, 0.3) is 0 Å². The maximum Gasteiger partial charge on any atom is 0.305 e. The maximum atomic E-state index is 10.5. The van der Waals surface area contributed by atoms with Gasteiger partial charge in [-0.15, -0.1) is 0 Å². The van der Waals surface area contributed by atoms with Crippen molar-refractivity contribution in [3.05, 3.63) is 35.9 Å². The van der Waals surface area contributed by atoms with Gasteiger partial charge in [-0.3, -0.25) is 9.80 Å². The van der Waals surface area contributed by atoms with Crippen molar-refractivity contribution in [2.75, 3.05) is 6.54 Å². The average molecular weight is 252 g/mol. The minimum absolute atomic E-state index is 0.0119. The third-order valence-electron chi connectivity index (χ3n) is 2.36. The van der Waals surface area contributed by atoms with Crippen LogP contribution < -0.4 is 5.43 Å². The number of carboxylic acid groups (broad SMARTS) is 1. The lowest BCUT2D eigenvalue weighted by atomic mass is 10.2. The van der Waals surface area contributed by atoms with Crippen molar-refractivity contribution in [1.29, 1.82) is 0 Å². The first-order valence-corrected chi connectivity index (χ1v) is 5.58. The maximum absolute atomic E-state index is 10.5. The normalized spacial score (nSPS) is 19.2. The largest absolute Gasteiger partial charge is 0.481 e. The molecule has 1 aromatic carbocycles. The molecule has 0 radical (unpaired) electrons. The van der Waals surface area contributed by atoms with Crippen molar-refractivity contribution in [2.45, 2.75) is 12.6 Å². The Kier molecular flexibility index (Phi) is 3.55. The molecule has 1 unspecified atom stereocenters. The monoisotopic (exact) mass is 252 g/mol. The molecule has 5 nitrogen and oxygen atoms in total. The number of aliphatic carboxylic acids is 1. The fourth-order valence-corrected chi connectivity index (χ4v) is 1.76. The Morgan fingerprint density at radius 2 is 2.18 bits per heavy atom. The number of rotatable bonds is 4. The number of ether oxygens (including phenoxy) is 1. The lowest BCUT2D eigenvalue weighted by Crippen LogP contribution is -2.36. The van der Waals surface area contributed by atoms with E-state index in [1.807, 2.05) is 30.3 Å². The predicted molar refractivity (Wildman–Crippen MR) is 65.0 cm³/mol. The Labute approximate surface area is 104 Å². The van der Waals surface area contributed by atoms with Crippen molar-refractivity contribution >= 4 is 23.4 Å². The van der Waals surface area contributed by atoms with E-state index in [4.69, 9.17) is 22.1 Å². The quantitative estimate of drug-likeness (QED) is 0.787. The van der Waals surface area contributed by atoms with Gasteiger partial charge in [0.2, 0.25) is 0 Å². The Morgan fingerprint density at radius 1 is 1.47 bits per heavy atom. The van der Waals surface area contributed by atoms with Crippen LogP contribution in [0.5, 0.6) is 0 Å². The molecule has 2 rings (SSSR count). The summed E-state index contributed by atoms with van der Waals surface area (Å²) in [5.74, 6) is -0.863. The summed E-state index contributed by atoms with van der Waals surface area (Å²) in [6.45, 7) is 0.289. The Bertz CT molecular complexity index is 424. The second-order valence-electron chi connectivity index (χ2n) is 3.60. The van der Waals surface area contributed by atoms with E-state index in [2.05, 4.69) is 5.43 Å². The zero-order valence-corrected chi connectivity index (χ0v) is 9.81. The van der Waals surface area contributed by atoms with Gasteiger partial charge in [0.25, 0.3) is 5.17 Å². The standard InChI is InChI=1S/C11H12N2O3S/c14-9(15)6-7-13-11(17)16-10(12-13)8-4-2-1-3-5-8/h1-5,10,12H,6-7H2,(H,14,15). The van der Waals surface area contributed by atoms with Crippen LogP contribution in [0.3, 0.4) is 0 Å². The summed E-state index contributed by atoms with van der Waals surface area (Å²) in [5.41, 5.74) is 3.97. The van der Waals surface area contributed by atoms with Gasteiger partial charge in [0.15, 0.2) is 6.23 Å². The first-order chi connectivity index (χ1) is 8.16. The van der Waals surface area contributed by atoms with Crippen LogP contribution >= 0.6 is 12.2 Å². The SMILES string of the molecule is O=C(O)CCN1NC(c2ccccc2)OC1=S. The molecule has 1 saturated heterocycles. The lowest BCUT2D eigenvalue weighted by Gasteiger charge is -2.13. The number of carbonyl (C=O) groups is 1. The number of thiocarbonyl (C=S) groups is 1. The summed E-state index contributed by atoms with van der Waals surface area (Å²) in [5, 5.41) is 10.4. The zero-order chi connectivity index (χ0) is 12.3. The molecule has 0 saturated carbocycles. The van der Waals surface area contributed by atoms with Gasteiger partial charge in [-0.2, -0.15) is 5.43 Å². The van der Waals surface area contributed by atoms with E-state index in [1.54, 1.807) is 5.01 Å². The highest BCUT2D eigenvalue weighted by Gasteiger charge is 2.28. The summed E-state index contributed by atoms with van der Waals surface area (Å²) in [4.78, 5) is 10.5. The molecule has 1 atom stereocenters. The minimum atomic E-state index is -0.863. The molecule has 1 heterocycles. The van der Waals surface area contributed by atoms with Crippen LogP contribution in [0.15, 0.2) is 30.3 Å². The van der Waals surface area contributed by atoms with E-state index in [0.717, 1.165) is 5.56 Å². The summed E-state index contributed by atoms with van der Waals surface area (Å²) in [7, 11) is 0. The van der Waals surface area contributed by atoms with Crippen LogP contribution in [0.1, 0.15) is 18.2 Å². The van der Waals surface area contributed by atoms with E-state index in [9.17, 15) is 4.79 Å². The van der Waals surface area contributed by atoms with Crippen molar-refractivity contribution in [2.24, 2.45) is 0 Å². The molecule has 0 spiro atoms. The molecule has 17 heavy (non-hydrogen) atoms. The number of hydrogen-bond donors (Lipinski definition) is 2. The topological polar surface area (TPSA) is 61.8 Å². The van der Waals surface area contributed by atoms with E-state index in [-0.39, 0.29) is 24.4 Å². The average Bonchev–Trinajstić information content (AvgIpc) is 2.69. The molecule has 1 aliphatic heterocycles. The highest BCUT2D eigenvalue weighted by molar-refractivity contribution is 7.80. The first kappa shape index (κ1) is 11.8. The van der Waals surface area contributed by atoms with Gasteiger partial charge in [-0.25, -0.2) is 0 Å². The molecule has 0 bridgehead atoms. The molecular weight excluding hydrogens is 240 g/mol. The molecule has 0 amide bonds. The smallest absolute Gasteiger partial charge is 0.305 e. The molecule has 1 aromatic rings. The van der Waals surface area contributed by atoms with Crippen LogP contribution in [-0.2, 0) is 9.53 Å². The fraction of sp³-hybridized carbons (Fsp3) is 0.273. The lowest BCUT2D eigenvalue weighted by molar-refractivity contribution is -0.137. The number of nitrogens with one attached hydrogen (secondary N) is 1. The number of hydrogen-bond acceptors (Lipinski definition) is 4. The molecule has 1 aliphatic rings. The van der Waals surface area contributed by atoms with Crippen molar-refractivity contribution < 1.29 is 14.6 Å². The Hall–Kier alpha value is -1.66. The van der Waals surface area contributed by atoms with Crippen LogP contribution in [0.4, 0.5) is 0 Å². The predicted octanol–water partition coefficient (Wildman–Crippen LogP) is 1.28. The van der Waals surface area contributed by atoms with E-state index < -0.39 is 5.97 Å². The molecule has 90 valence electrons. The number of hydrazine groups is 1. The molecule has 0 aliphatic carbocycles. The summed E-state index contributed by atoms with van der Waals surface area (Å²) >= 11 is 5.02. The molecule has 1 fully saturated rings. The van der Waals surface area contributed by atoms with Gasteiger partial charge in [-0.05, 0) is 12.2 Å². The number of nitrogens with zero attached hydrogens (tertiary/aromatic N) is 1. The van der Waals surface area contributed by atoms with Gasteiger partial charge < -0.3 is 9.84 Å². The zero-order valence-electron chi connectivity index (χ0n) is 9.00. The van der Waals surface area contributed by atoms with Gasteiger partial charge >= 0.3 is 5.97 Å². The van der Waals surface area contributed by atoms with Crippen molar-refractivity contribution in [3.63, 3.8) is 0 Å². The van der Waals surface area contributed by atoms with Gasteiger partial charge in [0.05, 0.1) is 6.42 Å². The van der Waals surface area contributed by atoms with Crippen LogP contribution in [0, 0.1) is 0 Å². The number of benzene rings is 1. The second kappa shape index (κ2) is 5.11. The first-order valence-electron chi connectivity index (χ1n) is 5.18. The van der Waals surface area contributed by atoms with Gasteiger partial charge in [0.1, 0.15) is 0 Å². The summed E-state index contributed by atoms with van der Waals surface area (Å²) in [6.07, 6.45) is -0.324. The minimum Gasteiger partial charge on any atom is -0.481 e. The van der Waals surface area contributed by atoms with Gasteiger partial charge in [0, 0.05) is 12.1 Å². The van der Waals surface area contributed by atoms with Gasteiger partial charge in [-0.1, -0.05) is 30.3 Å². The van der Waals surface area contributed by atoms with Crippen molar-refractivity contribution in [3.8, 4) is 0 Å². The number of carboxylic acids is 1. The summed E-state index contributed by atoms with van der Waals surface area (Å²) < 4.78 is 5.45. The highest BCUT2D eigenvalue weighted by Crippen LogP contribution is 2.21. The highest BCUT2D eigenvalue weighted by atomic mass is 32.1. The fourth-order valence-electron chi connectivity index (χ4n) is 1.52.